The highest BCUT2D eigenvalue weighted by atomic mass is 79.9. The van der Waals surface area contributed by atoms with Crippen molar-refractivity contribution in [2.75, 3.05) is 0 Å². The Labute approximate surface area is 117 Å². The highest BCUT2D eigenvalue weighted by molar-refractivity contribution is 9.10. The smallest absolute Gasteiger partial charge is 0.242 e. The largest absolute Gasteiger partial charge is 0.437 e. The van der Waals surface area contributed by atoms with Crippen molar-refractivity contribution in [2.45, 2.75) is 13.8 Å². The minimum absolute atomic E-state index is 0.330. The number of ether oxygens (including phenoxy) is 1. The summed E-state index contributed by atoms with van der Waals surface area (Å²) in [6, 6.07) is 4.36. The number of hydrogen-bond acceptors (Lipinski definition) is 3. The van der Waals surface area contributed by atoms with Gasteiger partial charge in [-0.2, -0.15) is 0 Å². The van der Waals surface area contributed by atoms with Crippen LogP contribution in [0.2, 0.25) is 5.15 Å². The minimum Gasteiger partial charge on any atom is -0.437 e. The van der Waals surface area contributed by atoms with Gasteiger partial charge in [0, 0.05) is 5.56 Å². The van der Waals surface area contributed by atoms with Crippen LogP contribution in [0.3, 0.4) is 0 Å². The molecule has 94 valence electrons. The third-order valence-corrected chi connectivity index (χ3v) is 3.49. The highest BCUT2D eigenvalue weighted by Crippen LogP contribution is 2.29. The molecular weight excluding hydrogens is 323 g/mol. The van der Waals surface area contributed by atoms with Crippen LogP contribution in [0, 0.1) is 19.7 Å². The summed E-state index contributed by atoms with van der Waals surface area (Å²) in [5.74, 6) is 0.482. The summed E-state index contributed by atoms with van der Waals surface area (Å²) in [5.41, 5.74) is 1.61. The fourth-order valence-electron chi connectivity index (χ4n) is 1.30. The fourth-order valence-corrected chi connectivity index (χ4v) is 1.84. The van der Waals surface area contributed by atoms with Gasteiger partial charge in [-0.25, -0.2) is 4.39 Å². The molecule has 0 aliphatic rings. The van der Waals surface area contributed by atoms with Crippen molar-refractivity contribution in [2.24, 2.45) is 0 Å². The predicted molar refractivity (Wildman–Crippen MR) is 70.7 cm³/mol. The van der Waals surface area contributed by atoms with Crippen LogP contribution in [-0.2, 0) is 0 Å². The number of nitrogens with zero attached hydrogens (tertiary/aromatic N) is 2. The van der Waals surface area contributed by atoms with Crippen LogP contribution in [0.25, 0.3) is 0 Å². The van der Waals surface area contributed by atoms with Crippen LogP contribution in [-0.4, -0.2) is 10.2 Å². The van der Waals surface area contributed by atoms with E-state index in [4.69, 9.17) is 16.3 Å². The highest BCUT2D eigenvalue weighted by Gasteiger charge is 2.11. The molecule has 1 aromatic heterocycles. The summed E-state index contributed by atoms with van der Waals surface area (Å²) in [5, 5.41) is 8.00. The van der Waals surface area contributed by atoms with E-state index in [2.05, 4.69) is 26.1 Å². The Hall–Kier alpha value is -1.20. The molecule has 0 radical (unpaired) electrons. The average molecular weight is 332 g/mol. The molecule has 3 nitrogen and oxygen atoms in total. The van der Waals surface area contributed by atoms with Gasteiger partial charge in [-0.3, -0.25) is 0 Å². The lowest BCUT2D eigenvalue weighted by atomic mass is 10.2. The molecule has 6 heteroatoms. The number of rotatable bonds is 2. The van der Waals surface area contributed by atoms with Gasteiger partial charge in [0.25, 0.3) is 0 Å². The van der Waals surface area contributed by atoms with Crippen LogP contribution in [0.1, 0.15) is 11.1 Å². The zero-order chi connectivity index (χ0) is 13.3. The van der Waals surface area contributed by atoms with Gasteiger partial charge in [-0.1, -0.05) is 11.6 Å². The molecule has 0 amide bonds. The monoisotopic (exact) mass is 330 g/mol. The lowest BCUT2D eigenvalue weighted by Crippen LogP contribution is -1.97. The van der Waals surface area contributed by atoms with Gasteiger partial charge >= 0.3 is 0 Å². The van der Waals surface area contributed by atoms with Crippen molar-refractivity contribution in [1.29, 1.82) is 0 Å². The van der Waals surface area contributed by atoms with E-state index in [-0.39, 0.29) is 5.82 Å². The molecule has 0 N–H and O–H groups in total. The van der Waals surface area contributed by atoms with Crippen molar-refractivity contribution in [1.82, 2.24) is 10.2 Å². The zero-order valence-corrected chi connectivity index (χ0v) is 12.0. The zero-order valence-electron chi connectivity index (χ0n) is 9.67. The summed E-state index contributed by atoms with van der Waals surface area (Å²) in [4.78, 5) is 0. The van der Waals surface area contributed by atoms with E-state index in [0.29, 0.717) is 21.3 Å². The molecule has 0 saturated heterocycles. The van der Waals surface area contributed by atoms with Gasteiger partial charge in [-0.15, -0.1) is 10.2 Å². The molecule has 2 rings (SSSR count). The topological polar surface area (TPSA) is 35.0 Å². The van der Waals surface area contributed by atoms with Crippen LogP contribution in [0.4, 0.5) is 4.39 Å². The second-order valence-corrected chi connectivity index (χ2v) is 4.94. The normalized spacial score (nSPS) is 10.5. The third-order valence-electron chi connectivity index (χ3n) is 2.53. The molecule has 1 heterocycles. The Bertz CT molecular complexity index is 607. The number of benzene rings is 1. The first-order valence-electron chi connectivity index (χ1n) is 5.11. The average Bonchev–Trinajstić information content (AvgIpc) is 2.34. The Morgan fingerprint density at radius 2 is 1.94 bits per heavy atom. The number of aromatic nitrogens is 2. The van der Waals surface area contributed by atoms with Crippen LogP contribution < -0.4 is 4.74 Å². The van der Waals surface area contributed by atoms with Crippen LogP contribution in [0.5, 0.6) is 11.6 Å². The first-order chi connectivity index (χ1) is 8.49. The van der Waals surface area contributed by atoms with E-state index in [9.17, 15) is 4.39 Å². The van der Waals surface area contributed by atoms with Gasteiger partial charge in [-0.05, 0) is 53.5 Å². The molecule has 0 saturated carbocycles. The van der Waals surface area contributed by atoms with Gasteiger partial charge in [0.05, 0.1) is 4.47 Å². The second-order valence-electron chi connectivity index (χ2n) is 3.72. The summed E-state index contributed by atoms with van der Waals surface area (Å²) in [6.07, 6.45) is 0. The molecule has 0 unspecified atom stereocenters. The summed E-state index contributed by atoms with van der Waals surface area (Å²) in [6.45, 7) is 3.67. The first kappa shape index (κ1) is 13.2. The molecule has 0 atom stereocenters. The maximum atomic E-state index is 13.1. The molecule has 18 heavy (non-hydrogen) atoms. The maximum Gasteiger partial charge on any atom is 0.242 e. The van der Waals surface area contributed by atoms with E-state index in [1.54, 1.807) is 0 Å². The summed E-state index contributed by atoms with van der Waals surface area (Å²) >= 11 is 8.94. The molecule has 0 aliphatic carbocycles. The Kier molecular flexibility index (Phi) is 3.82. The van der Waals surface area contributed by atoms with Gasteiger partial charge < -0.3 is 4.74 Å². The summed E-state index contributed by atoms with van der Waals surface area (Å²) in [7, 11) is 0. The summed E-state index contributed by atoms with van der Waals surface area (Å²) < 4.78 is 19.0. The van der Waals surface area contributed by atoms with Crippen molar-refractivity contribution in [3.05, 3.63) is 44.8 Å². The quantitative estimate of drug-likeness (QED) is 0.816. The Morgan fingerprint density at radius 3 is 2.61 bits per heavy atom. The van der Waals surface area contributed by atoms with E-state index >= 15 is 0 Å². The van der Waals surface area contributed by atoms with E-state index in [1.807, 2.05) is 13.8 Å². The standard InChI is InChI=1S/C12H9BrClFN2O/c1-6-7(2)12(17-16-11(6)14)18-8-3-4-10(15)9(13)5-8/h3-5H,1-2H3. The van der Waals surface area contributed by atoms with Crippen molar-refractivity contribution >= 4 is 27.5 Å². The fraction of sp³-hybridized carbons (Fsp3) is 0.167. The Balaban J connectivity index is 2.34. The number of halogens is 3. The molecule has 2 aromatic rings. The minimum atomic E-state index is -0.350. The van der Waals surface area contributed by atoms with Crippen molar-refractivity contribution in [3.63, 3.8) is 0 Å². The second kappa shape index (κ2) is 5.20. The van der Waals surface area contributed by atoms with Gasteiger partial charge in [0.15, 0.2) is 5.15 Å². The third kappa shape index (κ3) is 2.62. The molecule has 0 spiro atoms. The lowest BCUT2D eigenvalue weighted by Gasteiger charge is -2.09. The molecule has 0 fully saturated rings. The molecular formula is C12H9BrClFN2O. The van der Waals surface area contributed by atoms with Gasteiger partial charge in [0.2, 0.25) is 5.88 Å². The van der Waals surface area contributed by atoms with Crippen LogP contribution >= 0.6 is 27.5 Å². The maximum absolute atomic E-state index is 13.1. The Morgan fingerprint density at radius 1 is 1.22 bits per heavy atom. The lowest BCUT2D eigenvalue weighted by molar-refractivity contribution is 0.448. The van der Waals surface area contributed by atoms with E-state index in [0.717, 1.165) is 11.1 Å². The predicted octanol–water partition coefficient (Wildman–Crippen LogP) is 4.44. The van der Waals surface area contributed by atoms with E-state index < -0.39 is 0 Å². The van der Waals surface area contributed by atoms with Crippen molar-refractivity contribution in [3.8, 4) is 11.6 Å². The molecule has 0 bridgehead atoms. The van der Waals surface area contributed by atoms with Crippen LogP contribution in [0.15, 0.2) is 22.7 Å². The first-order valence-corrected chi connectivity index (χ1v) is 6.28. The van der Waals surface area contributed by atoms with Gasteiger partial charge in [0.1, 0.15) is 11.6 Å². The van der Waals surface area contributed by atoms with E-state index in [1.165, 1.54) is 18.2 Å². The molecule has 0 aliphatic heterocycles. The SMILES string of the molecule is Cc1c(Cl)nnc(Oc2ccc(F)c(Br)c2)c1C. The number of hydrogen-bond donors (Lipinski definition) is 0. The van der Waals surface area contributed by atoms with Crippen molar-refractivity contribution < 1.29 is 9.13 Å². The molecule has 1 aromatic carbocycles.